The smallest absolute Gasteiger partial charge is 0.251 e. The largest absolute Gasteiger partial charge is 0.489 e. The SMILES string of the molecule is CC1(C)CN(C(=O)/C=C/c2cccc(OCc3ccccc3)c2)c2ccccc2N1. The zero-order valence-corrected chi connectivity index (χ0v) is 17.3. The van der Waals surface area contributed by atoms with E-state index in [0.717, 1.165) is 28.3 Å². The molecule has 0 radical (unpaired) electrons. The fraction of sp³-hybridized carbons (Fsp3) is 0.192. The number of rotatable bonds is 5. The number of nitrogens with one attached hydrogen (secondary N) is 1. The summed E-state index contributed by atoms with van der Waals surface area (Å²) < 4.78 is 5.89. The van der Waals surface area contributed by atoms with Crippen molar-refractivity contribution in [3.8, 4) is 5.75 Å². The van der Waals surface area contributed by atoms with Crippen molar-refractivity contribution in [1.82, 2.24) is 0 Å². The first-order valence-corrected chi connectivity index (χ1v) is 10.1. The van der Waals surface area contributed by atoms with E-state index in [9.17, 15) is 4.79 Å². The van der Waals surface area contributed by atoms with Gasteiger partial charge in [-0.1, -0.05) is 54.6 Å². The molecule has 0 unspecified atom stereocenters. The van der Waals surface area contributed by atoms with Gasteiger partial charge in [0.1, 0.15) is 12.4 Å². The number of para-hydroxylation sites is 2. The predicted molar refractivity (Wildman–Crippen MR) is 123 cm³/mol. The number of anilines is 2. The van der Waals surface area contributed by atoms with Crippen LogP contribution in [0.25, 0.3) is 6.08 Å². The van der Waals surface area contributed by atoms with E-state index in [1.165, 1.54) is 0 Å². The van der Waals surface area contributed by atoms with E-state index < -0.39 is 0 Å². The van der Waals surface area contributed by atoms with Crippen LogP contribution in [0.3, 0.4) is 0 Å². The van der Waals surface area contributed by atoms with Gasteiger partial charge in [0, 0.05) is 18.2 Å². The molecule has 152 valence electrons. The van der Waals surface area contributed by atoms with Gasteiger partial charge in [0.05, 0.1) is 11.4 Å². The molecule has 4 rings (SSSR count). The maximum atomic E-state index is 13.0. The molecule has 0 aliphatic carbocycles. The molecule has 4 nitrogen and oxygen atoms in total. The van der Waals surface area contributed by atoms with E-state index in [2.05, 4.69) is 19.2 Å². The molecule has 30 heavy (non-hydrogen) atoms. The standard InChI is InChI=1S/C26H26N2O2/c1-26(2)19-28(24-14-7-6-13-23(24)27-26)25(29)16-15-20-11-8-12-22(17-20)30-18-21-9-4-3-5-10-21/h3-17,27H,18-19H2,1-2H3/b16-15+. The van der Waals surface area contributed by atoms with Gasteiger partial charge in [0.2, 0.25) is 0 Å². The molecular formula is C26H26N2O2. The Hall–Kier alpha value is -3.53. The van der Waals surface area contributed by atoms with Gasteiger partial charge in [0.25, 0.3) is 5.91 Å². The molecule has 1 aliphatic rings. The Morgan fingerprint density at radius 1 is 1.03 bits per heavy atom. The lowest BCUT2D eigenvalue weighted by atomic mass is 9.99. The quantitative estimate of drug-likeness (QED) is 0.576. The number of nitrogens with zero attached hydrogens (tertiary/aromatic N) is 1. The van der Waals surface area contributed by atoms with Gasteiger partial charge in [-0.25, -0.2) is 0 Å². The molecule has 1 N–H and O–H groups in total. The average molecular weight is 399 g/mol. The third kappa shape index (κ3) is 4.71. The topological polar surface area (TPSA) is 41.6 Å². The summed E-state index contributed by atoms with van der Waals surface area (Å²) in [5.41, 5.74) is 3.74. The third-order valence-electron chi connectivity index (χ3n) is 5.01. The van der Waals surface area contributed by atoms with Gasteiger partial charge in [-0.15, -0.1) is 0 Å². The minimum atomic E-state index is -0.191. The van der Waals surface area contributed by atoms with Gasteiger partial charge in [-0.3, -0.25) is 4.79 Å². The average Bonchev–Trinajstić information content (AvgIpc) is 2.76. The molecule has 3 aromatic carbocycles. The fourth-order valence-corrected chi connectivity index (χ4v) is 3.60. The molecule has 1 aliphatic heterocycles. The molecule has 0 aromatic heterocycles. The molecule has 0 saturated carbocycles. The molecule has 0 fully saturated rings. The summed E-state index contributed by atoms with van der Waals surface area (Å²) in [6, 6.07) is 25.8. The molecular weight excluding hydrogens is 372 g/mol. The summed E-state index contributed by atoms with van der Waals surface area (Å²) in [5.74, 6) is 0.745. The Morgan fingerprint density at radius 2 is 1.80 bits per heavy atom. The highest BCUT2D eigenvalue weighted by Crippen LogP contribution is 2.34. The molecule has 0 spiro atoms. The zero-order chi connectivity index (χ0) is 21.0. The Balaban J connectivity index is 1.47. The van der Waals surface area contributed by atoms with Crippen LogP contribution in [0.5, 0.6) is 5.75 Å². The van der Waals surface area contributed by atoms with Crippen LogP contribution in [-0.2, 0) is 11.4 Å². The molecule has 1 amide bonds. The van der Waals surface area contributed by atoms with E-state index in [1.54, 1.807) is 6.08 Å². The van der Waals surface area contributed by atoms with Crippen LogP contribution in [-0.4, -0.2) is 18.0 Å². The minimum Gasteiger partial charge on any atom is -0.489 e. The molecule has 0 atom stereocenters. The number of hydrogen-bond acceptors (Lipinski definition) is 3. The van der Waals surface area contributed by atoms with Crippen LogP contribution in [0.15, 0.2) is 84.9 Å². The normalized spacial score (nSPS) is 14.8. The van der Waals surface area contributed by atoms with Crippen molar-refractivity contribution >= 4 is 23.4 Å². The molecule has 1 heterocycles. The number of carbonyl (C=O) groups is 1. The summed E-state index contributed by atoms with van der Waals surface area (Å²) in [4.78, 5) is 14.8. The fourth-order valence-electron chi connectivity index (χ4n) is 3.60. The van der Waals surface area contributed by atoms with Crippen molar-refractivity contribution in [3.63, 3.8) is 0 Å². The third-order valence-corrected chi connectivity index (χ3v) is 5.01. The van der Waals surface area contributed by atoms with Crippen molar-refractivity contribution in [1.29, 1.82) is 0 Å². The van der Waals surface area contributed by atoms with E-state index in [4.69, 9.17) is 4.74 Å². The monoisotopic (exact) mass is 398 g/mol. The molecule has 0 bridgehead atoms. The summed E-state index contributed by atoms with van der Waals surface area (Å²) in [5, 5.41) is 3.50. The predicted octanol–water partition coefficient (Wildman–Crippen LogP) is 5.52. The first-order chi connectivity index (χ1) is 14.5. The molecule has 3 aromatic rings. The number of ether oxygens (including phenoxy) is 1. The second kappa shape index (κ2) is 8.46. The molecule has 4 heteroatoms. The lowest BCUT2D eigenvalue weighted by Gasteiger charge is -2.40. The number of benzene rings is 3. The summed E-state index contributed by atoms with van der Waals surface area (Å²) in [6.45, 7) is 5.31. The van der Waals surface area contributed by atoms with E-state index >= 15 is 0 Å². The highest BCUT2D eigenvalue weighted by Gasteiger charge is 2.31. The van der Waals surface area contributed by atoms with Gasteiger partial charge in [-0.05, 0) is 55.3 Å². The second-order valence-electron chi connectivity index (χ2n) is 8.13. The molecule has 0 saturated heterocycles. The van der Waals surface area contributed by atoms with Crippen molar-refractivity contribution in [3.05, 3.63) is 96.1 Å². The van der Waals surface area contributed by atoms with Crippen molar-refractivity contribution in [2.75, 3.05) is 16.8 Å². The Bertz CT molecular complexity index is 1060. The van der Waals surface area contributed by atoms with E-state index in [1.807, 2.05) is 89.8 Å². The number of carbonyl (C=O) groups excluding carboxylic acids is 1. The Labute approximate surface area is 177 Å². The van der Waals surface area contributed by atoms with E-state index in [-0.39, 0.29) is 11.4 Å². The van der Waals surface area contributed by atoms with Crippen LogP contribution in [0.1, 0.15) is 25.0 Å². The van der Waals surface area contributed by atoms with Crippen LogP contribution in [0, 0.1) is 0 Å². The van der Waals surface area contributed by atoms with Gasteiger partial charge >= 0.3 is 0 Å². The first kappa shape index (κ1) is 19.8. The van der Waals surface area contributed by atoms with Gasteiger partial charge in [-0.2, -0.15) is 0 Å². The lowest BCUT2D eigenvalue weighted by Crippen LogP contribution is -2.50. The van der Waals surface area contributed by atoms with Gasteiger partial charge < -0.3 is 15.0 Å². The minimum absolute atomic E-state index is 0.0346. The van der Waals surface area contributed by atoms with Crippen LogP contribution in [0.4, 0.5) is 11.4 Å². The van der Waals surface area contributed by atoms with Gasteiger partial charge in [0.15, 0.2) is 0 Å². The Kier molecular flexibility index (Phi) is 5.57. The van der Waals surface area contributed by atoms with Crippen LogP contribution < -0.4 is 15.0 Å². The highest BCUT2D eigenvalue weighted by atomic mass is 16.5. The summed E-state index contributed by atoms with van der Waals surface area (Å²) in [6.07, 6.45) is 3.48. The maximum Gasteiger partial charge on any atom is 0.251 e. The van der Waals surface area contributed by atoms with E-state index in [0.29, 0.717) is 13.2 Å². The Morgan fingerprint density at radius 3 is 2.63 bits per heavy atom. The lowest BCUT2D eigenvalue weighted by molar-refractivity contribution is -0.114. The van der Waals surface area contributed by atoms with Crippen molar-refractivity contribution in [2.24, 2.45) is 0 Å². The number of hydrogen-bond donors (Lipinski definition) is 1. The second-order valence-corrected chi connectivity index (χ2v) is 8.13. The summed E-state index contributed by atoms with van der Waals surface area (Å²) >= 11 is 0. The maximum absolute atomic E-state index is 13.0. The summed E-state index contributed by atoms with van der Waals surface area (Å²) in [7, 11) is 0. The van der Waals surface area contributed by atoms with Crippen molar-refractivity contribution < 1.29 is 9.53 Å². The number of fused-ring (bicyclic) bond motifs is 1. The zero-order valence-electron chi connectivity index (χ0n) is 17.3. The highest BCUT2D eigenvalue weighted by molar-refractivity contribution is 6.06. The number of amides is 1. The first-order valence-electron chi connectivity index (χ1n) is 10.1. The van der Waals surface area contributed by atoms with Crippen LogP contribution in [0.2, 0.25) is 0 Å². The van der Waals surface area contributed by atoms with Crippen molar-refractivity contribution in [2.45, 2.75) is 26.0 Å². The van der Waals surface area contributed by atoms with Crippen LogP contribution >= 0.6 is 0 Å².